The van der Waals surface area contributed by atoms with Crippen LogP contribution in [0.1, 0.15) is 27.7 Å². The van der Waals surface area contributed by atoms with Gasteiger partial charge in [0.05, 0.1) is 6.61 Å². The van der Waals surface area contributed by atoms with Gasteiger partial charge < -0.3 is 48.4 Å². The SMILES string of the molecule is CCOCC(C)Oc1ccc(N(c2ccccc2)c2ccc(-c3ccc(N(c4ccc(OC(O)COCC)cc4)c4ccc(OC(O)COCC)cc4)cc3)cc2)cc1. The number of ether oxygens (including phenoxy) is 6. The highest BCUT2D eigenvalue weighted by molar-refractivity contribution is 5.81. The Balaban J connectivity index is 1.24. The van der Waals surface area contributed by atoms with Crippen LogP contribution in [0, 0.1) is 0 Å². The summed E-state index contributed by atoms with van der Waals surface area (Å²) >= 11 is 0. The summed E-state index contributed by atoms with van der Waals surface area (Å²) in [5.74, 6) is 1.84. The predicted octanol–water partition coefficient (Wildman–Crippen LogP) is 10.6. The van der Waals surface area contributed by atoms with E-state index in [1.165, 1.54) is 0 Å². The summed E-state index contributed by atoms with van der Waals surface area (Å²) in [6.07, 6.45) is -2.19. The van der Waals surface area contributed by atoms with E-state index in [0.717, 1.165) is 51.0 Å². The third-order valence-corrected chi connectivity index (χ3v) is 9.25. The summed E-state index contributed by atoms with van der Waals surface area (Å²) in [5.41, 5.74) is 7.90. The summed E-state index contributed by atoms with van der Waals surface area (Å²) in [6.45, 7) is 10.1. The molecule has 0 aromatic heterocycles. The van der Waals surface area contributed by atoms with Gasteiger partial charge in [0.2, 0.25) is 12.6 Å². The Morgan fingerprint density at radius 3 is 1.05 bits per heavy atom. The van der Waals surface area contributed by atoms with Gasteiger partial charge in [-0.1, -0.05) is 42.5 Å². The monoisotopic (exact) mass is 798 g/mol. The smallest absolute Gasteiger partial charge is 0.221 e. The average molecular weight is 799 g/mol. The number of nitrogens with zero attached hydrogens (tertiary/aromatic N) is 2. The Labute approximate surface area is 347 Å². The summed E-state index contributed by atoms with van der Waals surface area (Å²) in [5, 5.41) is 20.4. The van der Waals surface area contributed by atoms with E-state index in [9.17, 15) is 10.2 Å². The topological polar surface area (TPSA) is 102 Å². The van der Waals surface area contributed by atoms with Gasteiger partial charge in [-0.05, 0) is 148 Å². The molecule has 0 saturated heterocycles. The van der Waals surface area contributed by atoms with Crippen LogP contribution in [0.3, 0.4) is 0 Å². The number of anilines is 6. The fourth-order valence-electron chi connectivity index (χ4n) is 6.47. The van der Waals surface area contributed by atoms with E-state index < -0.39 is 12.6 Å². The standard InChI is InChI=1S/C49H54N2O8/c1-5-54-33-36(4)57-45-27-21-42(22-28-45)50(39-11-9-8-10-12-39)40-17-13-37(14-18-40)38-15-19-41(20-16-38)51(43-23-29-46(30-24-43)58-48(52)34-55-6-2)44-25-31-47(32-26-44)59-49(53)35-56-7-3/h8-32,36,48-49,52-53H,5-7,33-35H2,1-4H3. The average Bonchev–Trinajstić information content (AvgIpc) is 3.27. The maximum Gasteiger partial charge on any atom is 0.221 e. The minimum absolute atomic E-state index is 0.0481. The second-order valence-corrected chi connectivity index (χ2v) is 13.6. The van der Waals surface area contributed by atoms with E-state index in [-0.39, 0.29) is 19.3 Å². The highest BCUT2D eigenvalue weighted by Gasteiger charge is 2.17. The largest absolute Gasteiger partial charge is 0.488 e. The molecule has 59 heavy (non-hydrogen) atoms. The number of hydrogen-bond donors (Lipinski definition) is 2. The molecule has 6 rings (SSSR count). The molecule has 0 aliphatic rings. The maximum absolute atomic E-state index is 10.2. The lowest BCUT2D eigenvalue weighted by Gasteiger charge is -2.27. The second kappa shape index (κ2) is 21.8. The van der Waals surface area contributed by atoms with Gasteiger partial charge in [-0.2, -0.15) is 0 Å². The van der Waals surface area contributed by atoms with Gasteiger partial charge in [-0.3, -0.25) is 0 Å². The van der Waals surface area contributed by atoms with Crippen LogP contribution < -0.4 is 24.0 Å². The van der Waals surface area contributed by atoms with Gasteiger partial charge in [0.25, 0.3) is 0 Å². The molecular formula is C49H54N2O8. The fourth-order valence-corrected chi connectivity index (χ4v) is 6.47. The van der Waals surface area contributed by atoms with Crippen molar-refractivity contribution in [3.63, 3.8) is 0 Å². The lowest BCUT2D eigenvalue weighted by molar-refractivity contribution is -0.0751. The predicted molar refractivity (Wildman–Crippen MR) is 234 cm³/mol. The van der Waals surface area contributed by atoms with Crippen molar-refractivity contribution in [3.8, 4) is 28.4 Å². The van der Waals surface area contributed by atoms with Crippen LogP contribution in [0.25, 0.3) is 11.1 Å². The molecule has 308 valence electrons. The second-order valence-electron chi connectivity index (χ2n) is 13.6. The first-order chi connectivity index (χ1) is 28.8. The number of aliphatic hydroxyl groups is 2. The molecule has 0 bridgehead atoms. The fraction of sp³-hybridized carbons (Fsp3) is 0.265. The Hall–Kier alpha value is -5.88. The van der Waals surface area contributed by atoms with E-state index in [1.807, 2.05) is 107 Å². The first-order valence-corrected chi connectivity index (χ1v) is 20.1. The summed E-state index contributed by atoms with van der Waals surface area (Å²) < 4.78 is 33.5. The molecule has 0 fully saturated rings. The third-order valence-electron chi connectivity index (χ3n) is 9.25. The van der Waals surface area contributed by atoms with E-state index in [2.05, 4.69) is 82.6 Å². The van der Waals surface area contributed by atoms with Crippen molar-refractivity contribution in [2.45, 2.75) is 46.4 Å². The van der Waals surface area contributed by atoms with E-state index >= 15 is 0 Å². The molecule has 0 aliphatic carbocycles. The molecule has 0 heterocycles. The minimum atomic E-state index is -1.07. The van der Waals surface area contributed by atoms with Crippen LogP contribution in [0.4, 0.5) is 34.1 Å². The number of hydrogen-bond acceptors (Lipinski definition) is 10. The van der Waals surface area contributed by atoms with Gasteiger partial charge in [0.1, 0.15) is 36.6 Å². The van der Waals surface area contributed by atoms with Crippen molar-refractivity contribution in [2.75, 3.05) is 49.4 Å². The highest BCUT2D eigenvalue weighted by Crippen LogP contribution is 2.39. The van der Waals surface area contributed by atoms with Crippen molar-refractivity contribution in [3.05, 3.63) is 152 Å². The van der Waals surface area contributed by atoms with Crippen molar-refractivity contribution >= 4 is 34.1 Å². The number of rotatable bonds is 22. The molecule has 6 aromatic rings. The van der Waals surface area contributed by atoms with Gasteiger partial charge in [0, 0.05) is 53.9 Å². The lowest BCUT2D eigenvalue weighted by Crippen LogP contribution is -2.22. The lowest BCUT2D eigenvalue weighted by atomic mass is 10.0. The highest BCUT2D eigenvalue weighted by atomic mass is 16.6. The molecule has 6 aromatic carbocycles. The van der Waals surface area contributed by atoms with Crippen molar-refractivity contribution in [2.24, 2.45) is 0 Å². The Kier molecular flexibility index (Phi) is 15.8. The van der Waals surface area contributed by atoms with Gasteiger partial charge >= 0.3 is 0 Å². The molecule has 10 nitrogen and oxygen atoms in total. The number of aliphatic hydroxyl groups excluding tert-OH is 2. The molecule has 3 atom stereocenters. The Bertz CT molecular complexity index is 2040. The molecule has 0 amide bonds. The van der Waals surface area contributed by atoms with E-state index in [1.54, 1.807) is 0 Å². The molecule has 0 saturated carbocycles. The number of para-hydroxylation sites is 1. The molecule has 0 radical (unpaired) electrons. The zero-order valence-corrected chi connectivity index (χ0v) is 34.1. The third kappa shape index (κ3) is 12.1. The summed E-state index contributed by atoms with van der Waals surface area (Å²) in [4.78, 5) is 4.34. The molecule has 2 N–H and O–H groups in total. The summed E-state index contributed by atoms with van der Waals surface area (Å²) in [7, 11) is 0. The molecule has 10 heteroatoms. The van der Waals surface area contributed by atoms with Crippen LogP contribution in [0.15, 0.2) is 152 Å². The Morgan fingerprint density at radius 2 is 0.695 bits per heavy atom. The van der Waals surface area contributed by atoms with Gasteiger partial charge in [-0.25, -0.2) is 0 Å². The maximum atomic E-state index is 10.2. The quantitative estimate of drug-likeness (QED) is 0.0646. The van der Waals surface area contributed by atoms with Gasteiger partial charge in [-0.15, -0.1) is 0 Å². The number of benzene rings is 6. The van der Waals surface area contributed by atoms with Gasteiger partial charge in [0.15, 0.2) is 0 Å². The minimum Gasteiger partial charge on any atom is -0.488 e. The normalized spacial score (nSPS) is 12.6. The van der Waals surface area contributed by atoms with Crippen molar-refractivity contribution < 1.29 is 38.6 Å². The molecule has 3 unspecified atom stereocenters. The van der Waals surface area contributed by atoms with Crippen molar-refractivity contribution in [1.82, 2.24) is 0 Å². The Morgan fingerprint density at radius 1 is 0.390 bits per heavy atom. The van der Waals surface area contributed by atoms with Crippen LogP contribution in [0.2, 0.25) is 0 Å². The van der Waals surface area contributed by atoms with Crippen LogP contribution in [-0.2, 0) is 14.2 Å². The van der Waals surface area contributed by atoms with Crippen molar-refractivity contribution in [1.29, 1.82) is 0 Å². The molecular weight excluding hydrogens is 745 g/mol. The first kappa shape index (κ1) is 42.7. The molecule has 0 spiro atoms. The van der Waals surface area contributed by atoms with E-state index in [0.29, 0.717) is 37.9 Å². The zero-order chi connectivity index (χ0) is 41.4. The van der Waals surface area contributed by atoms with Crippen LogP contribution in [0.5, 0.6) is 17.2 Å². The van der Waals surface area contributed by atoms with Crippen LogP contribution >= 0.6 is 0 Å². The molecule has 0 aliphatic heterocycles. The summed E-state index contributed by atoms with van der Waals surface area (Å²) in [6, 6.07) is 50.5. The first-order valence-electron chi connectivity index (χ1n) is 20.1. The van der Waals surface area contributed by atoms with E-state index in [4.69, 9.17) is 28.4 Å². The van der Waals surface area contributed by atoms with Crippen LogP contribution in [-0.4, -0.2) is 68.5 Å². The zero-order valence-electron chi connectivity index (χ0n) is 34.1.